The van der Waals surface area contributed by atoms with Gasteiger partial charge in [-0.1, -0.05) is 30.3 Å². The standard InChI is InChI=1S/C13H22O4Si/c1-4-16-18(15-3,17-11-10-14-2)12-13-8-6-5-7-9-13/h5-9H,4,10-12H2,1-3H3. The molecule has 1 rings (SSSR count). The summed E-state index contributed by atoms with van der Waals surface area (Å²) in [6, 6.07) is 10.8. The molecule has 0 heterocycles. The Bertz CT molecular complexity index is 320. The number of benzene rings is 1. The van der Waals surface area contributed by atoms with Crippen LogP contribution in [0.25, 0.3) is 0 Å². The van der Waals surface area contributed by atoms with E-state index in [1.165, 1.54) is 0 Å². The predicted molar refractivity (Wildman–Crippen MR) is 72.4 cm³/mol. The minimum absolute atomic E-state index is 0.489. The van der Waals surface area contributed by atoms with E-state index in [2.05, 4.69) is 12.1 Å². The first-order valence-electron chi connectivity index (χ1n) is 6.12. The molecule has 0 fully saturated rings. The third-order valence-electron chi connectivity index (χ3n) is 2.55. The maximum Gasteiger partial charge on any atom is 0.505 e. The monoisotopic (exact) mass is 270 g/mol. The van der Waals surface area contributed by atoms with Gasteiger partial charge in [-0.05, 0) is 12.5 Å². The molecule has 1 unspecified atom stereocenters. The topological polar surface area (TPSA) is 36.9 Å². The zero-order valence-electron chi connectivity index (χ0n) is 11.3. The van der Waals surface area contributed by atoms with Crippen LogP contribution in [0.5, 0.6) is 0 Å². The molecule has 0 aromatic heterocycles. The van der Waals surface area contributed by atoms with Crippen LogP contribution in [0.1, 0.15) is 12.5 Å². The summed E-state index contributed by atoms with van der Waals surface area (Å²) in [5.41, 5.74) is 1.16. The SMILES string of the molecule is CCO[Si](Cc1ccccc1)(OC)OCCOC. The van der Waals surface area contributed by atoms with Crippen molar-refractivity contribution in [2.45, 2.75) is 13.0 Å². The first-order chi connectivity index (χ1) is 8.76. The van der Waals surface area contributed by atoms with Crippen LogP contribution < -0.4 is 0 Å². The highest BCUT2D eigenvalue weighted by Crippen LogP contribution is 2.16. The number of rotatable bonds is 9. The third kappa shape index (κ3) is 4.87. The van der Waals surface area contributed by atoms with E-state index in [1.54, 1.807) is 14.2 Å². The van der Waals surface area contributed by atoms with Crippen LogP contribution in [0.3, 0.4) is 0 Å². The Morgan fingerprint density at radius 3 is 2.28 bits per heavy atom. The van der Waals surface area contributed by atoms with Crippen molar-refractivity contribution < 1.29 is 18.0 Å². The van der Waals surface area contributed by atoms with Crippen LogP contribution in [-0.4, -0.2) is 42.8 Å². The lowest BCUT2D eigenvalue weighted by molar-refractivity contribution is 0.0548. The van der Waals surface area contributed by atoms with Gasteiger partial charge in [0.05, 0.1) is 13.2 Å². The largest absolute Gasteiger partial charge is 0.505 e. The molecule has 4 nitrogen and oxygen atoms in total. The minimum atomic E-state index is -2.63. The lowest BCUT2D eigenvalue weighted by Gasteiger charge is -2.27. The summed E-state index contributed by atoms with van der Waals surface area (Å²) in [5, 5.41) is 0. The van der Waals surface area contributed by atoms with Crippen molar-refractivity contribution in [2.75, 3.05) is 34.0 Å². The molecule has 0 saturated heterocycles. The minimum Gasteiger partial charge on any atom is -0.382 e. The van der Waals surface area contributed by atoms with Gasteiger partial charge in [-0.25, -0.2) is 0 Å². The highest BCUT2D eigenvalue weighted by molar-refractivity contribution is 6.60. The Morgan fingerprint density at radius 1 is 1.00 bits per heavy atom. The molecule has 0 aliphatic rings. The molecule has 0 saturated carbocycles. The lowest BCUT2D eigenvalue weighted by atomic mass is 10.2. The highest BCUT2D eigenvalue weighted by atomic mass is 28.4. The predicted octanol–water partition coefficient (Wildman–Crippen LogP) is 2.05. The van der Waals surface area contributed by atoms with Crippen molar-refractivity contribution in [3.63, 3.8) is 0 Å². The van der Waals surface area contributed by atoms with E-state index in [4.69, 9.17) is 18.0 Å². The average molecular weight is 270 g/mol. The molecule has 0 N–H and O–H groups in total. The molecule has 0 aliphatic heterocycles. The second-order valence-corrected chi connectivity index (χ2v) is 6.53. The molecular weight excluding hydrogens is 248 g/mol. The Morgan fingerprint density at radius 2 is 1.72 bits per heavy atom. The second-order valence-electron chi connectivity index (χ2n) is 3.82. The summed E-state index contributed by atoms with van der Waals surface area (Å²) in [7, 11) is 0.673. The van der Waals surface area contributed by atoms with Crippen LogP contribution in [0.15, 0.2) is 30.3 Å². The van der Waals surface area contributed by atoms with Gasteiger partial charge < -0.3 is 18.0 Å². The molecule has 0 spiro atoms. The van der Waals surface area contributed by atoms with E-state index in [-0.39, 0.29) is 0 Å². The normalized spacial score (nSPS) is 14.4. The summed E-state index contributed by atoms with van der Waals surface area (Å²) in [4.78, 5) is 0. The van der Waals surface area contributed by atoms with Gasteiger partial charge in [0, 0.05) is 26.9 Å². The Balaban J connectivity index is 2.69. The molecule has 18 heavy (non-hydrogen) atoms. The molecule has 1 aromatic rings. The summed E-state index contributed by atoms with van der Waals surface area (Å²) in [6.45, 7) is 3.56. The Hall–Kier alpha value is -0.723. The molecule has 102 valence electrons. The van der Waals surface area contributed by atoms with E-state index in [0.717, 1.165) is 5.56 Å². The fourth-order valence-corrected chi connectivity index (χ4v) is 3.92. The van der Waals surface area contributed by atoms with Gasteiger partial charge in [-0.15, -0.1) is 0 Å². The Kier molecular flexibility index (Phi) is 7.15. The van der Waals surface area contributed by atoms with E-state index < -0.39 is 8.80 Å². The van der Waals surface area contributed by atoms with Crippen LogP contribution >= 0.6 is 0 Å². The molecular formula is C13H22O4Si. The van der Waals surface area contributed by atoms with Gasteiger partial charge in [0.15, 0.2) is 0 Å². The Labute approximate surface area is 110 Å². The zero-order valence-corrected chi connectivity index (χ0v) is 12.3. The number of hydrogen-bond donors (Lipinski definition) is 0. The van der Waals surface area contributed by atoms with Crippen molar-refractivity contribution in [3.8, 4) is 0 Å². The maximum atomic E-state index is 5.83. The van der Waals surface area contributed by atoms with E-state index >= 15 is 0 Å². The van der Waals surface area contributed by atoms with E-state index in [9.17, 15) is 0 Å². The number of ether oxygens (including phenoxy) is 1. The van der Waals surface area contributed by atoms with Gasteiger partial charge in [-0.3, -0.25) is 0 Å². The van der Waals surface area contributed by atoms with Crippen LogP contribution in [0.2, 0.25) is 0 Å². The first kappa shape index (κ1) is 15.3. The highest BCUT2D eigenvalue weighted by Gasteiger charge is 2.40. The van der Waals surface area contributed by atoms with Gasteiger partial charge >= 0.3 is 8.80 Å². The van der Waals surface area contributed by atoms with Crippen molar-refractivity contribution in [2.24, 2.45) is 0 Å². The van der Waals surface area contributed by atoms with Crippen molar-refractivity contribution in [3.05, 3.63) is 35.9 Å². The van der Waals surface area contributed by atoms with Crippen LogP contribution in [-0.2, 0) is 24.1 Å². The summed E-state index contributed by atoms with van der Waals surface area (Å²) < 4.78 is 22.2. The molecule has 0 aliphatic carbocycles. The van der Waals surface area contributed by atoms with Gasteiger partial charge in [-0.2, -0.15) is 0 Å². The van der Waals surface area contributed by atoms with Crippen molar-refractivity contribution >= 4 is 8.80 Å². The van der Waals surface area contributed by atoms with Gasteiger partial charge in [0.25, 0.3) is 0 Å². The summed E-state index contributed by atoms with van der Waals surface area (Å²) in [5.74, 6) is 0. The maximum absolute atomic E-state index is 5.83. The van der Waals surface area contributed by atoms with E-state index in [1.807, 2.05) is 25.1 Å². The van der Waals surface area contributed by atoms with E-state index in [0.29, 0.717) is 25.9 Å². The van der Waals surface area contributed by atoms with Crippen LogP contribution in [0, 0.1) is 0 Å². The molecule has 0 bridgehead atoms. The van der Waals surface area contributed by atoms with Crippen molar-refractivity contribution in [1.29, 1.82) is 0 Å². The van der Waals surface area contributed by atoms with Gasteiger partial charge in [0.1, 0.15) is 0 Å². The molecule has 0 amide bonds. The second kappa shape index (κ2) is 8.39. The lowest BCUT2D eigenvalue weighted by Crippen LogP contribution is -2.48. The van der Waals surface area contributed by atoms with Gasteiger partial charge in [0.2, 0.25) is 0 Å². The fourth-order valence-electron chi connectivity index (χ4n) is 1.68. The third-order valence-corrected chi connectivity index (χ3v) is 5.38. The number of methoxy groups -OCH3 is 1. The first-order valence-corrected chi connectivity index (χ1v) is 8.05. The van der Waals surface area contributed by atoms with Crippen molar-refractivity contribution in [1.82, 2.24) is 0 Å². The molecule has 1 aromatic carbocycles. The summed E-state index contributed by atoms with van der Waals surface area (Å²) in [6.07, 6.45) is 0. The molecule has 0 radical (unpaired) electrons. The molecule has 1 atom stereocenters. The fraction of sp³-hybridized carbons (Fsp3) is 0.538. The summed E-state index contributed by atoms with van der Waals surface area (Å²) >= 11 is 0. The number of hydrogen-bond acceptors (Lipinski definition) is 4. The quantitative estimate of drug-likeness (QED) is 0.508. The van der Waals surface area contributed by atoms with Crippen LogP contribution in [0.4, 0.5) is 0 Å². The zero-order chi connectivity index (χ0) is 13.3. The average Bonchev–Trinajstić information content (AvgIpc) is 2.40. The smallest absolute Gasteiger partial charge is 0.382 e. The molecule has 5 heteroatoms.